The Bertz CT molecular complexity index is 2630. The zero-order valence-corrected chi connectivity index (χ0v) is 46.4. The van der Waals surface area contributed by atoms with Crippen LogP contribution in [0.5, 0.6) is 0 Å². The van der Waals surface area contributed by atoms with E-state index in [4.69, 9.17) is 0 Å². The monoisotopic (exact) mass is 947 g/mol. The first-order valence-corrected chi connectivity index (χ1v) is 27.3. The molecule has 0 aromatic heterocycles. The topological polar surface area (TPSA) is 0 Å². The summed E-state index contributed by atoms with van der Waals surface area (Å²) in [7, 11) is 0. The van der Waals surface area contributed by atoms with E-state index < -0.39 is 0 Å². The predicted octanol–water partition coefficient (Wildman–Crippen LogP) is 16.4. The van der Waals surface area contributed by atoms with Crippen molar-refractivity contribution in [3.8, 4) is 0 Å². The summed E-state index contributed by atoms with van der Waals surface area (Å²) in [5, 5.41) is 0. The summed E-state index contributed by atoms with van der Waals surface area (Å²) in [6.07, 6.45) is 13.3. The molecule has 372 valence electrons. The van der Waals surface area contributed by atoms with Gasteiger partial charge in [-0.15, -0.1) is 12.1 Å². The van der Waals surface area contributed by atoms with Crippen LogP contribution in [0, 0.1) is 18.3 Å². The first-order valence-electron chi connectivity index (χ1n) is 27.3. The van der Waals surface area contributed by atoms with Crippen molar-refractivity contribution in [3.63, 3.8) is 0 Å². The Morgan fingerprint density at radius 3 is 0.917 bits per heavy atom. The van der Waals surface area contributed by atoms with Crippen molar-refractivity contribution >= 4 is 0 Å². The molecule has 7 aromatic rings. The molecular weight excluding hydrogens is 860 g/mol. The van der Waals surface area contributed by atoms with Crippen molar-refractivity contribution in [2.24, 2.45) is 11.8 Å². The molecule has 0 amide bonds. The summed E-state index contributed by atoms with van der Waals surface area (Å²) >= 11 is 0. The van der Waals surface area contributed by atoms with Gasteiger partial charge >= 0.3 is 18.9 Å². The van der Waals surface area contributed by atoms with Gasteiger partial charge in [0.1, 0.15) is 0 Å². The molecular formula is C71H87Li. The SMILES string of the molecule is CCC(C)CC(C)(CC(C)(CC(C)(C[CH-]c1ccc(CC(C)(CC(C)(CC(C)(CC(C)CC)c2ccccc2)c2ccccc2)c2ccccc2)cc1)c1ccccc1)c1ccccc1)c1ccccc1.[Li+]. The molecule has 0 N–H and O–H groups in total. The van der Waals surface area contributed by atoms with Crippen LogP contribution in [-0.4, -0.2) is 0 Å². The fourth-order valence-corrected chi connectivity index (χ4v) is 13.6. The second-order valence-corrected chi connectivity index (χ2v) is 24.0. The summed E-state index contributed by atoms with van der Waals surface area (Å²) in [5.41, 5.74) is 10.9. The Morgan fingerprint density at radius 2 is 0.597 bits per heavy atom. The number of benzene rings is 7. The molecule has 0 fully saturated rings. The van der Waals surface area contributed by atoms with Crippen LogP contribution in [0.2, 0.25) is 0 Å². The molecule has 72 heavy (non-hydrogen) atoms. The van der Waals surface area contributed by atoms with Gasteiger partial charge in [-0.05, 0) is 123 Å². The minimum atomic E-state index is -0.123. The van der Waals surface area contributed by atoms with Crippen LogP contribution in [-0.2, 0) is 38.9 Å². The van der Waals surface area contributed by atoms with Gasteiger partial charge in [-0.2, -0.15) is 24.1 Å². The summed E-state index contributed by atoms with van der Waals surface area (Å²) in [4.78, 5) is 0. The van der Waals surface area contributed by atoms with E-state index in [0.29, 0.717) is 11.8 Å². The Labute approximate surface area is 451 Å². The molecule has 0 heterocycles. The Kier molecular flexibility index (Phi) is 19.4. The van der Waals surface area contributed by atoms with Gasteiger partial charge in [-0.25, -0.2) is 0 Å². The summed E-state index contributed by atoms with van der Waals surface area (Å²) in [6.45, 7) is 24.9. The quantitative estimate of drug-likeness (QED) is 0.0396. The third-order valence-electron chi connectivity index (χ3n) is 17.3. The Morgan fingerprint density at radius 1 is 0.333 bits per heavy atom. The predicted molar refractivity (Wildman–Crippen MR) is 308 cm³/mol. The van der Waals surface area contributed by atoms with Gasteiger partial charge in [0.25, 0.3) is 0 Å². The number of rotatable bonds is 25. The van der Waals surface area contributed by atoms with E-state index in [2.05, 4.69) is 282 Å². The van der Waals surface area contributed by atoms with Crippen molar-refractivity contribution in [1.82, 2.24) is 0 Å². The summed E-state index contributed by atoms with van der Waals surface area (Å²) in [6, 6.07) is 78.1. The van der Waals surface area contributed by atoms with Crippen LogP contribution < -0.4 is 18.9 Å². The van der Waals surface area contributed by atoms with Crippen molar-refractivity contribution in [2.45, 2.75) is 166 Å². The second-order valence-electron chi connectivity index (χ2n) is 24.0. The van der Waals surface area contributed by atoms with Crippen LogP contribution in [0.25, 0.3) is 0 Å². The van der Waals surface area contributed by atoms with Crippen molar-refractivity contribution in [1.29, 1.82) is 0 Å². The van der Waals surface area contributed by atoms with E-state index in [1.807, 2.05) is 0 Å². The van der Waals surface area contributed by atoms with Gasteiger partial charge in [0.2, 0.25) is 0 Å². The minimum Gasteiger partial charge on any atom is -0.192 e. The zero-order chi connectivity index (χ0) is 50.6. The van der Waals surface area contributed by atoms with Crippen LogP contribution in [0.4, 0.5) is 0 Å². The number of hydrogen-bond acceptors (Lipinski definition) is 0. The van der Waals surface area contributed by atoms with Gasteiger partial charge < -0.3 is 0 Å². The number of hydrogen-bond donors (Lipinski definition) is 0. The van der Waals surface area contributed by atoms with Crippen LogP contribution in [0.3, 0.4) is 0 Å². The fourth-order valence-electron chi connectivity index (χ4n) is 13.6. The van der Waals surface area contributed by atoms with Crippen LogP contribution in [0.15, 0.2) is 206 Å². The van der Waals surface area contributed by atoms with Gasteiger partial charge in [0.15, 0.2) is 0 Å². The molecule has 0 nitrogen and oxygen atoms in total. The molecule has 0 saturated carbocycles. The van der Waals surface area contributed by atoms with E-state index in [1.54, 1.807) is 0 Å². The van der Waals surface area contributed by atoms with E-state index >= 15 is 0 Å². The van der Waals surface area contributed by atoms with Gasteiger partial charge in [0, 0.05) is 0 Å². The Balaban J connectivity index is 0.00000847. The molecule has 1 heteroatoms. The van der Waals surface area contributed by atoms with Gasteiger partial charge in [-0.1, -0.05) is 276 Å². The maximum atomic E-state index is 2.57. The molecule has 7 rings (SSSR count). The third-order valence-corrected chi connectivity index (χ3v) is 17.3. The Hall–Kier alpha value is -4.99. The van der Waals surface area contributed by atoms with Crippen LogP contribution in [0.1, 0.15) is 172 Å². The zero-order valence-electron chi connectivity index (χ0n) is 46.4. The maximum absolute atomic E-state index is 2.57. The molecule has 0 radical (unpaired) electrons. The molecule has 7 aromatic carbocycles. The summed E-state index contributed by atoms with van der Waals surface area (Å²) < 4.78 is 0. The molecule has 0 saturated heterocycles. The van der Waals surface area contributed by atoms with E-state index in [9.17, 15) is 0 Å². The smallest absolute Gasteiger partial charge is 0.192 e. The van der Waals surface area contributed by atoms with Crippen molar-refractivity contribution in [3.05, 3.63) is 257 Å². The first kappa shape index (κ1) is 56.3. The largest absolute Gasteiger partial charge is 1.00 e. The summed E-state index contributed by atoms with van der Waals surface area (Å²) in [5.74, 6) is 1.26. The normalized spacial score (nSPS) is 17.5. The van der Waals surface area contributed by atoms with Crippen molar-refractivity contribution < 1.29 is 18.9 Å². The van der Waals surface area contributed by atoms with E-state index in [0.717, 1.165) is 51.4 Å². The van der Waals surface area contributed by atoms with Gasteiger partial charge in [-0.3, -0.25) is 0 Å². The minimum absolute atomic E-state index is 0. The average Bonchev–Trinajstić information content (AvgIpc) is 3.39. The maximum Gasteiger partial charge on any atom is 1.00 e. The molecule has 8 atom stereocenters. The molecule has 0 aliphatic rings. The van der Waals surface area contributed by atoms with E-state index in [-0.39, 0.29) is 51.4 Å². The van der Waals surface area contributed by atoms with Crippen LogP contribution >= 0.6 is 0 Å². The molecule has 8 unspecified atom stereocenters. The average molecular weight is 947 g/mol. The second kappa shape index (κ2) is 24.8. The standard InChI is InChI=1S/C71H87.Li/c1-11-56(3)49-67(6,61-33-21-14-22-34-61)53-70(9,64-39-27-17-28-40-64)52-66(5,60-31-19-13-20-32-60)48-47-58-43-45-59(46-44-58)51-69(8,63-37-25-16-26-38-63)55-71(10,65-41-29-18-30-42-65)54-68(7,50-57(4)12-2)62-35-23-15-24-36-62;/h13-47,56-57H,11-12,48-55H2,1-10H3;/q-1;+1. The van der Waals surface area contributed by atoms with Gasteiger partial charge in [0.05, 0.1) is 0 Å². The van der Waals surface area contributed by atoms with E-state index in [1.165, 1.54) is 57.3 Å². The fraction of sp³-hybridized carbons (Fsp3) is 0.394. The molecule has 0 aliphatic heterocycles. The molecule has 0 aliphatic carbocycles. The van der Waals surface area contributed by atoms with Crippen molar-refractivity contribution in [2.75, 3.05) is 0 Å². The molecule has 0 bridgehead atoms. The molecule has 0 spiro atoms. The first-order chi connectivity index (χ1) is 34.0. The third kappa shape index (κ3) is 14.0.